The third kappa shape index (κ3) is 6.13. The number of fused-ring (bicyclic) bond motifs is 1. The fourth-order valence-corrected chi connectivity index (χ4v) is 5.33. The normalized spacial score (nSPS) is 22.3. The van der Waals surface area contributed by atoms with E-state index >= 15 is 0 Å². The second-order valence-electron chi connectivity index (χ2n) is 8.41. The Morgan fingerprint density at radius 3 is 2.41 bits per heavy atom. The maximum Gasteiger partial charge on any atom is 0.508 e. The zero-order valence-electron chi connectivity index (χ0n) is 19.5. The van der Waals surface area contributed by atoms with Gasteiger partial charge in [-0.05, 0) is 25.8 Å². The van der Waals surface area contributed by atoms with Crippen molar-refractivity contribution in [2.75, 3.05) is 19.8 Å². The summed E-state index contributed by atoms with van der Waals surface area (Å²) in [6.07, 6.45) is 0.118. The highest BCUT2D eigenvalue weighted by Crippen LogP contribution is 2.51. The molecule has 186 valence electrons. The van der Waals surface area contributed by atoms with Gasteiger partial charge in [-0.15, -0.1) is 11.8 Å². The monoisotopic (exact) mass is 494 g/mol. The molecule has 34 heavy (non-hydrogen) atoms. The summed E-state index contributed by atoms with van der Waals surface area (Å²) in [6, 6.07) is 7.58. The minimum atomic E-state index is -0.829. The summed E-state index contributed by atoms with van der Waals surface area (Å²) in [7, 11) is 0. The maximum atomic E-state index is 12.7. The summed E-state index contributed by atoms with van der Waals surface area (Å²) in [5.41, 5.74) is 0.830. The number of esters is 1. The number of ether oxygens (including phenoxy) is 4. The average Bonchev–Trinajstić information content (AvgIpc) is 3.07. The first-order valence-corrected chi connectivity index (χ1v) is 12.1. The number of β-lactam (4-membered cyclic amide) rings is 1. The van der Waals surface area contributed by atoms with Gasteiger partial charge in [0.25, 0.3) is 0 Å². The SMILES string of the molecule is CCCCOC(=O)OCCOC(=O)[C@@H]1N2C(=O)[C@@H](NC(=O)OCc3ccccc3)[C@H]2SC1(C)C. The van der Waals surface area contributed by atoms with Crippen molar-refractivity contribution >= 4 is 35.9 Å². The Balaban J connectivity index is 1.45. The Labute approximate surface area is 202 Å². The number of amides is 2. The van der Waals surface area contributed by atoms with Gasteiger partial charge in [0.15, 0.2) is 0 Å². The van der Waals surface area contributed by atoms with Crippen LogP contribution in [0.5, 0.6) is 0 Å². The number of thioether (sulfide) groups is 1. The molecule has 2 fully saturated rings. The highest BCUT2D eigenvalue weighted by molar-refractivity contribution is 8.01. The Hall–Kier alpha value is -2.95. The number of nitrogens with one attached hydrogen (secondary N) is 1. The van der Waals surface area contributed by atoms with Crippen molar-refractivity contribution in [1.82, 2.24) is 10.2 Å². The van der Waals surface area contributed by atoms with Gasteiger partial charge in [0.05, 0.1) is 6.61 Å². The van der Waals surface area contributed by atoms with Crippen LogP contribution in [0.4, 0.5) is 9.59 Å². The van der Waals surface area contributed by atoms with E-state index in [-0.39, 0.29) is 32.3 Å². The van der Waals surface area contributed by atoms with Gasteiger partial charge in [0.2, 0.25) is 5.91 Å². The minimum Gasteiger partial charge on any atom is -0.460 e. The molecule has 0 saturated carbocycles. The van der Waals surface area contributed by atoms with Crippen LogP contribution in [0.1, 0.15) is 39.2 Å². The fraction of sp³-hybridized carbons (Fsp3) is 0.565. The van der Waals surface area contributed by atoms with Gasteiger partial charge in [-0.25, -0.2) is 14.4 Å². The predicted octanol–water partition coefficient (Wildman–Crippen LogP) is 2.84. The van der Waals surface area contributed by atoms with Crippen molar-refractivity contribution in [3.8, 4) is 0 Å². The van der Waals surface area contributed by atoms with Crippen LogP contribution in [0.3, 0.4) is 0 Å². The van der Waals surface area contributed by atoms with Gasteiger partial charge >= 0.3 is 18.2 Å². The van der Waals surface area contributed by atoms with E-state index in [2.05, 4.69) is 5.32 Å². The Morgan fingerprint density at radius 2 is 1.71 bits per heavy atom. The molecule has 1 N–H and O–H groups in total. The number of rotatable bonds is 10. The van der Waals surface area contributed by atoms with Crippen LogP contribution in [0.15, 0.2) is 30.3 Å². The smallest absolute Gasteiger partial charge is 0.460 e. The Bertz CT molecular complexity index is 894. The third-order valence-electron chi connectivity index (χ3n) is 5.42. The molecule has 0 spiro atoms. The lowest BCUT2D eigenvalue weighted by Gasteiger charge is -2.43. The summed E-state index contributed by atoms with van der Waals surface area (Å²) >= 11 is 1.41. The molecule has 0 bridgehead atoms. The van der Waals surface area contributed by atoms with Gasteiger partial charge in [0.1, 0.15) is 37.3 Å². The molecule has 10 nitrogen and oxygen atoms in total. The van der Waals surface area contributed by atoms with Crippen molar-refractivity contribution in [3.63, 3.8) is 0 Å². The van der Waals surface area contributed by atoms with Gasteiger partial charge in [-0.3, -0.25) is 4.79 Å². The summed E-state index contributed by atoms with van der Waals surface area (Å²) in [6.45, 7) is 5.70. The number of carbonyl (C=O) groups excluding carboxylic acids is 4. The molecular formula is C23H30N2O8S. The molecule has 0 unspecified atom stereocenters. The summed E-state index contributed by atoms with van der Waals surface area (Å²) in [5.74, 6) is -0.973. The van der Waals surface area contributed by atoms with Gasteiger partial charge < -0.3 is 29.2 Å². The van der Waals surface area contributed by atoms with Crippen LogP contribution < -0.4 is 5.32 Å². The first-order chi connectivity index (χ1) is 16.2. The van der Waals surface area contributed by atoms with Crippen LogP contribution in [0.25, 0.3) is 0 Å². The summed E-state index contributed by atoms with van der Waals surface area (Å²) < 4.78 is 19.5. The van der Waals surface area contributed by atoms with Crippen molar-refractivity contribution in [3.05, 3.63) is 35.9 Å². The molecule has 1 aromatic carbocycles. The molecular weight excluding hydrogens is 464 g/mol. The van der Waals surface area contributed by atoms with Crippen LogP contribution in [-0.4, -0.2) is 71.1 Å². The van der Waals surface area contributed by atoms with Crippen LogP contribution in [0.2, 0.25) is 0 Å². The predicted molar refractivity (Wildman–Crippen MR) is 123 cm³/mol. The zero-order chi connectivity index (χ0) is 24.7. The van der Waals surface area contributed by atoms with E-state index in [0.717, 1.165) is 18.4 Å². The molecule has 11 heteroatoms. The highest BCUT2D eigenvalue weighted by Gasteiger charge is 2.64. The maximum absolute atomic E-state index is 12.7. The molecule has 0 aromatic heterocycles. The van der Waals surface area contributed by atoms with E-state index < -0.39 is 40.4 Å². The number of benzene rings is 1. The van der Waals surface area contributed by atoms with Crippen LogP contribution in [-0.2, 0) is 35.1 Å². The Morgan fingerprint density at radius 1 is 1.03 bits per heavy atom. The van der Waals surface area contributed by atoms with Crippen molar-refractivity contribution < 1.29 is 38.1 Å². The van der Waals surface area contributed by atoms with Crippen molar-refractivity contribution in [2.24, 2.45) is 0 Å². The molecule has 2 aliphatic rings. The van der Waals surface area contributed by atoms with Gasteiger partial charge in [0, 0.05) is 4.75 Å². The quantitative estimate of drug-likeness (QED) is 0.226. The molecule has 2 saturated heterocycles. The van der Waals surface area contributed by atoms with E-state index in [9.17, 15) is 19.2 Å². The van der Waals surface area contributed by atoms with Crippen LogP contribution >= 0.6 is 11.8 Å². The standard InChI is InChI=1S/C23H30N2O8S/c1-4-5-11-31-22(29)32-13-12-30-20(27)17-23(2,3)34-19-16(18(26)25(17)19)24-21(28)33-14-15-9-7-6-8-10-15/h6-10,16-17,19H,4-5,11-14H2,1-3H3,(H,24,28)/t16-,17+,19-/m1/s1. The summed E-state index contributed by atoms with van der Waals surface area (Å²) in [5, 5.41) is 2.19. The average molecular weight is 495 g/mol. The lowest BCUT2D eigenvalue weighted by molar-refractivity contribution is -0.164. The molecule has 0 aliphatic carbocycles. The number of hydrogen-bond donors (Lipinski definition) is 1. The first-order valence-electron chi connectivity index (χ1n) is 11.2. The van der Waals surface area contributed by atoms with E-state index in [1.807, 2.05) is 51.1 Å². The fourth-order valence-electron chi connectivity index (χ4n) is 3.71. The first kappa shape index (κ1) is 25.7. The molecule has 3 rings (SSSR count). The lowest BCUT2D eigenvalue weighted by Crippen LogP contribution is -2.70. The van der Waals surface area contributed by atoms with E-state index in [1.165, 1.54) is 16.7 Å². The van der Waals surface area contributed by atoms with Crippen molar-refractivity contribution in [2.45, 2.75) is 62.4 Å². The van der Waals surface area contributed by atoms with E-state index in [0.29, 0.717) is 0 Å². The zero-order valence-corrected chi connectivity index (χ0v) is 20.3. The molecule has 2 aliphatic heterocycles. The van der Waals surface area contributed by atoms with E-state index in [1.54, 1.807) is 0 Å². The second-order valence-corrected chi connectivity index (χ2v) is 10.2. The molecule has 2 heterocycles. The molecule has 0 radical (unpaired) electrons. The molecule has 2 amide bonds. The largest absolute Gasteiger partial charge is 0.508 e. The lowest BCUT2D eigenvalue weighted by atomic mass is 9.96. The number of alkyl carbamates (subject to hydrolysis) is 1. The number of carbonyl (C=O) groups is 4. The number of hydrogen-bond acceptors (Lipinski definition) is 9. The van der Waals surface area contributed by atoms with Gasteiger partial charge in [-0.1, -0.05) is 43.7 Å². The second kappa shape index (κ2) is 11.5. The Kier molecular flexibility index (Phi) is 8.65. The third-order valence-corrected chi connectivity index (χ3v) is 6.99. The van der Waals surface area contributed by atoms with Gasteiger partial charge in [-0.2, -0.15) is 0 Å². The van der Waals surface area contributed by atoms with E-state index in [4.69, 9.17) is 18.9 Å². The van der Waals surface area contributed by atoms with Crippen molar-refractivity contribution in [1.29, 1.82) is 0 Å². The highest BCUT2D eigenvalue weighted by atomic mass is 32.2. The number of unbranched alkanes of at least 4 members (excludes halogenated alkanes) is 1. The topological polar surface area (TPSA) is 120 Å². The summed E-state index contributed by atoms with van der Waals surface area (Å²) in [4.78, 5) is 50.5. The molecule has 3 atom stereocenters. The minimum absolute atomic E-state index is 0.0871. The van der Waals surface area contributed by atoms with Crippen LogP contribution in [0, 0.1) is 0 Å². The number of nitrogens with zero attached hydrogens (tertiary/aromatic N) is 1. The molecule has 1 aromatic rings.